The van der Waals surface area contributed by atoms with Crippen LogP contribution in [-0.2, 0) is 0 Å². The van der Waals surface area contributed by atoms with Crippen molar-refractivity contribution in [3.8, 4) is 0 Å². The summed E-state index contributed by atoms with van der Waals surface area (Å²) in [6.45, 7) is 10.3. The number of ketones is 1. The predicted octanol–water partition coefficient (Wildman–Crippen LogP) is 4.29. The van der Waals surface area contributed by atoms with Crippen molar-refractivity contribution in [1.29, 1.82) is 0 Å². The van der Waals surface area contributed by atoms with Gasteiger partial charge in [-0.05, 0) is 62.9 Å². The minimum atomic E-state index is -0.0143. The summed E-state index contributed by atoms with van der Waals surface area (Å²) in [6, 6.07) is 4.53. The first-order valence-corrected chi connectivity index (χ1v) is 7.23. The van der Waals surface area contributed by atoms with Crippen LogP contribution in [0.3, 0.4) is 0 Å². The maximum Gasteiger partial charge on any atom is 0.189 e. The van der Waals surface area contributed by atoms with E-state index < -0.39 is 0 Å². The van der Waals surface area contributed by atoms with Gasteiger partial charge in [-0.2, -0.15) is 5.10 Å². The highest BCUT2D eigenvalue weighted by Crippen LogP contribution is 2.17. The van der Waals surface area contributed by atoms with Gasteiger partial charge in [0.1, 0.15) is 0 Å². The van der Waals surface area contributed by atoms with Crippen LogP contribution >= 0.6 is 0 Å². The summed E-state index contributed by atoms with van der Waals surface area (Å²) in [4.78, 5) is 12.2. The first-order chi connectivity index (χ1) is 9.88. The van der Waals surface area contributed by atoms with E-state index in [4.69, 9.17) is 0 Å². The molecular weight excluding hydrogens is 260 g/mol. The molecule has 1 heterocycles. The van der Waals surface area contributed by atoms with Crippen molar-refractivity contribution in [2.24, 2.45) is 0 Å². The van der Waals surface area contributed by atoms with Crippen molar-refractivity contribution < 1.29 is 4.79 Å². The average Bonchev–Trinajstić information content (AvgIpc) is 2.91. The smallest absolute Gasteiger partial charge is 0.189 e. The van der Waals surface area contributed by atoms with E-state index in [9.17, 15) is 4.79 Å². The Labute approximate surface area is 126 Å². The van der Waals surface area contributed by atoms with Gasteiger partial charge in [0.2, 0.25) is 0 Å². The van der Waals surface area contributed by atoms with Crippen LogP contribution in [0.1, 0.15) is 52.5 Å². The van der Waals surface area contributed by atoms with Crippen LogP contribution in [-0.4, -0.2) is 15.6 Å². The maximum absolute atomic E-state index is 12.2. The number of hydrogen-bond donors (Lipinski definition) is 0. The van der Waals surface area contributed by atoms with E-state index in [1.807, 2.05) is 19.9 Å². The van der Waals surface area contributed by atoms with Gasteiger partial charge in [0, 0.05) is 12.2 Å². The molecule has 0 N–H and O–H groups in total. The summed E-state index contributed by atoms with van der Waals surface area (Å²) in [5.41, 5.74) is 5.40. The Morgan fingerprint density at radius 1 is 1.14 bits per heavy atom. The molecule has 3 heteroatoms. The van der Waals surface area contributed by atoms with Gasteiger partial charge in [-0.25, -0.2) is 0 Å². The summed E-state index contributed by atoms with van der Waals surface area (Å²) in [7, 11) is 0. The number of nitrogens with zero attached hydrogens (tertiary/aromatic N) is 2. The van der Waals surface area contributed by atoms with Crippen LogP contribution < -0.4 is 0 Å². The van der Waals surface area contributed by atoms with E-state index in [-0.39, 0.29) is 11.8 Å². The van der Waals surface area contributed by atoms with Gasteiger partial charge in [0.25, 0.3) is 0 Å². The number of benzene rings is 1. The number of carbonyl (C=O) groups excluding carboxylic acids is 1. The van der Waals surface area contributed by atoms with Crippen molar-refractivity contribution in [1.82, 2.24) is 9.78 Å². The molecule has 1 aromatic heterocycles. The minimum absolute atomic E-state index is 0.0143. The molecule has 0 aliphatic heterocycles. The molecule has 0 unspecified atom stereocenters. The van der Waals surface area contributed by atoms with Gasteiger partial charge in [0.15, 0.2) is 5.78 Å². The zero-order valence-corrected chi connectivity index (χ0v) is 13.3. The van der Waals surface area contributed by atoms with Crippen molar-refractivity contribution in [3.05, 3.63) is 58.4 Å². The van der Waals surface area contributed by atoms with Crippen LogP contribution in [0.4, 0.5) is 0 Å². The summed E-state index contributed by atoms with van der Waals surface area (Å²) in [5, 5.41) is 4.20. The first kappa shape index (κ1) is 15.2. The number of carbonyl (C=O) groups is 1. The summed E-state index contributed by atoms with van der Waals surface area (Å²) in [5.74, 6) is -0.0143. The van der Waals surface area contributed by atoms with Gasteiger partial charge in [-0.15, -0.1) is 0 Å². The number of rotatable bonds is 4. The van der Waals surface area contributed by atoms with E-state index in [2.05, 4.69) is 38.0 Å². The van der Waals surface area contributed by atoms with Crippen LogP contribution in [0, 0.1) is 20.8 Å². The fraction of sp³-hybridized carbons (Fsp3) is 0.333. The van der Waals surface area contributed by atoms with Gasteiger partial charge in [-0.1, -0.05) is 18.2 Å². The zero-order valence-electron chi connectivity index (χ0n) is 13.3. The highest BCUT2D eigenvalue weighted by Gasteiger charge is 2.07. The molecule has 110 valence electrons. The lowest BCUT2D eigenvalue weighted by Gasteiger charge is -2.05. The lowest BCUT2D eigenvalue weighted by atomic mass is 10.00. The molecule has 1 aromatic carbocycles. The third-order valence-corrected chi connectivity index (χ3v) is 3.71. The predicted molar refractivity (Wildman–Crippen MR) is 86.6 cm³/mol. The third kappa shape index (κ3) is 3.48. The zero-order chi connectivity index (χ0) is 15.6. The monoisotopic (exact) mass is 282 g/mol. The van der Waals surface area contributed by atoms with E-state index in [0.29, 0.717) is 5.56 Å². The molecule has 0 saturated carbocycles. The van der Waals surface area contributed by atoms with Crippen molar-refractivity contribution in [3.63, 3.8) is 0 Å². The summed E-state index contributed by atoms with van der Waals surface area (Å²) < 4.78 is 1.79. The van der Waals surface area contributed by atoms with Crippen LogP contribution in [0.25, 0.3) is 6.08 Å². The average molecular weight is 282 g/mol. The quantitative estimate of drug-likeness (QED) is 0.619. The van der Waals surface area contributed by atoms with Crippen LogP contribution in [0.15, 0.2) is 30.6 Å². The fourth-order valence-corrected chi connectivity index (χ4v) is 2.17. The molecule has 2 aromatic rings. The molecule has 0 aliphatic rings. The van der Waals surface area contributed by atoms with E-state index in [1.54, 1.807) is 23.2 Å². The Morgan fingerprint density at radius 3 is 2.43 bits per heavy atom. The number of allylic oxidation sites excluding steroid dienone is 1. The molecule has 0 radical (unpaired) electrons. The molecule has 0 fully saturated rings. The van der Waals surface area contributed by atoms with E-state index in [1.165, 1.54) is 16.7 Å². The molecule has 0 aliphatic carbocycles. The second-order valence-corrected chi connectivity index (χ2v) is 5.79. The second-order valence-electron chi connectivity index (χ2n) is 5.79. The highest BCUT2D eigenvalue weighted by molar-refractivity contribution is 6.06. The largest absolute Gasteiger partial charge is 0.289 e. The molecule has 3 nitrogen and oxygen atoms in total. The van der Waals surface area contributed by atoms with Crippen molar-refractivity contribution in [2.75, 3.05) is 0 Å². The SMILES string of the molecule is Cc1cc(C)c(C=CC(=O)c2cnn(C(C)C)c2)cc1C. The highest BCUT2D eigenvalue weighted by atomic mass is 16.1. The Morgan fingerprint density at radius 2 is 1.81 bits per heavy atom. The van der Waals surface area contributed by atoms with Crippen molar-refractivity contribution >= 4 is 11.9 Å². The van der Waals surface area contributed by atoms with Crippen LogP contribution in [0.5, 0.6) is 0 Å². The fourth-order valence-electron chi connectivity index (χ4n) is 2.17. The van der Waals surface area contributed by atoms with Crippen molar-refractivity contribution in [2.45, 2.75) is 40.7 Å². The Bertz CT molecular complexity index is 693. The lowest BCUT2D eigenvalue weighted by Crippen LogP contribution is -2.00. The van der Waals surface area contributed by atoms with Gasteiger partial charge in [-0.3, -0.25) is 9.48 Å². The Kier molecular flexibility index (Phi) is 4.41. The molecule has 0 amide bonds. The number of aromatic nitrogens is 2. The van der Waals surface area contributed by atoms with E-state index in [0.717, 1.165) is 5.56 Å². The summed E-state index contributed by atoms with van der Waals surface area (Å²) in [6.07, 6.45) is 6.93. The minimum Gasteiger partial charge on any atom is -0.289 e. The standard InChI is InChI=1S/C18H22N2O/c1-12(2)20-11-17(10-19-20)18(21)7-6-16-9-14(4)13(3)8-15(16)5/h6-12H,1-5H3. The number of hydrogen-bond acceptors (Lipinski definition) is 2. The molecule has 2 rings (SSSR count). The topological polar surface area (TPSA) is 34.9 Å². The lowest BCUT2D eigenvalue weighted by molar-refractivity contribution is 0.104. The molecule has 0 bridgehead atoms. The normalized spacial score (nSPS) is 11.5. The second kappa shape index (κ2) is 6.08. The molecule has 0 saturated heterocycles. The Balaban J connectivity index is 2.20. The molecular formula is C18H22N2O. The first-order valence-electron chi connectivity index (χ1n) is 7.23. The van der Waals surface area contributed by atoms with Gasteiger partial charge in [0.05, 0.1) is 11.8 Å². The molecule has 21 heavy (non-hydrogen) atoms. The van der Waals surface area contributed by atoms with Gasteiger partial charge >= 0.3 is 0 Å². The third-order valence-electron chi connectivity index (χ3n) is 3.71. The summed E-state index contributed by atoms with van der Waals surface area (Å²) >= 11 is 0. The van der Waals surface area contributed by atoms with Crippen LogP contribution in [0.2, 0.25) is 0 Å². The molecule has 0 spiro atoms. The van der Waals surface area contributed by atoms with Gasteiger partial charge < -0.3 is 0 Å². The number of aryl methyl sites for hydroxylation is 3. The molecule has 0 atom stereocenters. The van der Waals surface area contributed by atoms with E-state index >= 15 is 0 Å². The Hall–Kier alpha value is -2.16. The maximum atomic E-state index is 12.2.